The molecule has 6 nitrogen and oxygen atoms in total. The maximum Gasteiger partial charge on any atom is 0.321 e. The van der Waals surface area contributed by atoms with E-state index in [-0.39, 0.29) is 11.9 Å². The van der Waals surface area contributed by atoms with Gasteiger partial charge in [0.25, 0.3) is 0 Å². The quantitative estimate of drug-likeness (QED) is 0.747. The highest BCUT2D eigenvalue weighted by molar-refractivity contribution is 5.93. The molecule has 2 aliphatic rings. The van der Waals surface area contributed by atoms with E-state index in [1.807, 2.05) is 0 Å². The third-order valence-electron chi connectivity index (χ3n) is 5.35. The van der Waals surface area contributed by atoms with E-state index in [2.05, 4.69) is 52.0 Å². The third kappa shape index (κ3) is 2.47. The second kappa shape index (κ2) is 5.63. The highest BCUT2D eigenvalue weighted by Crippen LogP contribution is 2.42. The molecule has 3 amide bonds. The fraction of sp³-hybridized carbons (Fsp3) is 0.444. The Morgan fingerprint density at radius 1 is 1.33 bits per heavy atom. The van der Waals surface area contributed by atoms with Crippen LogP contribution in [0.5, 0.6) is 0 Å². The van der Waals surface area contributed by atoms with Crippen LogP contribution in [-0.4, -0.2) is 47.5 Å². The minimum atomic E-state index is -0.407. The first kappa shape index (κ1) is 15.2. The second-order valence-electron chi connectivity index (χ2n) is 6.99. The van der Waals surface area contributed by atoms with Gasteiger partial charge in [-0.15, -0.1) is 0 Å². The number of nitrogens with zero attached hydrogens (tertiary/aromatic N) is 1. The zero-order chi connectivity index (χ0) is 16.8. The zero-order valence-corrected chi connectivity index (χ0v) is 13.9. The molecule has 1 aliphatic heterocycles. The number of piperidine rings is 1. The number of hydrogen-bond donors (Lipinski definition) is 3. The molecule has 1 aromatic carbocycles. The number of carbonyl (C=O) groups excluding carboxylic acids is 2. The van der Waals surface area contributed by atoms with Crippen LogP contribution in [0.1, 0.15) is 30.4 Å². The number of imide groups is 1. The molecular weight excluding hydrogens is 304 g/mol. The Bertz CT molecular complexity index is 812. The maximum absolute atomic E-state index is 11.9. The minimum Gasteiger partial charge on any atom is -0.361 e. The van der Waals surface area contributed by atoms with Gasteiger partial charge in [-0.2, -0.15) is 0 Å². The number of urea groups is 1. The van der Waals surface area contributed by atoms with Crippen molar-refractivity contribution in [2.45, 2.75) is 37.8 Å². The molecule has 1 unspecified atom stereocenters. The molecule has 4 rings (SSSR count). The van der Waals surface area contributed by atoms with E-state index in [9.17, 15) is 9.59 Å². The van der Waals surface area contributed by atoms with E-state index in [1.165, 1.54) is 29.0 Å². The lowest BCUT2D eigenvalue weighted by molar-refractivity contribution is -0.117. The fourth-order valence-corrected chi connectivity index (χ4v) is 4.43. The first-order valence-electron chi connectivity index (χ1n) is 8.40. The average molecular weight is 326 g/mol. The van der Waals surface area contributed by atoms with Crippen molar-refractivity contribution in [1.29, 1.82) is 0 Å². The molecule has 2 heterocycles. The molecule has 1 aliphatic carbocycles. The van der Waals surface area contributed by atoms with Crippen LogP contribution < -0.4 is 10.6 Å². The van der Waals surface area contributed by atoms with Crippen molar-refractivity contribution < 1.29 is 9.59 Å². The molecule has 3 atom stereocenters. The van der Waals surface area contributed by atoms with Crippen LogP contribution in [-0.2, 0) is 11.2 Å². The number of carbonyl (C=O) groups is 2. The number of rotatable bonds is 1. The van der Waals surface area contributed by atoms with Gasteiger partial charge < -0.3 is 15.2 Å². The standard InChI is InChI=1S/C18H22N4O2/c1-10(23)20-18(24)21-12-7-14-13-4-3-5-15-17(13)11(8-19-15)6-16(14)22(2)9-12/h3-5,8,12,14,16,19H,6-7,9H2,1-2H3,(H2,20,21,23,24)/t12-,14?,16-/m1/s1. The van der Waals surface area contributed by atoms with Crippen molar-refractivity contribution in [3.05, 3.63) is 35.5 Å². The molecular formula is C18H22N4O2. The number of likely N-dealkylation sites (tertiary alicyclic amines) is 1. The van der Waals surface area contributed by atoms with Gasteiger partial charge in [0.15, 0.2) is 0 Å². The van der Waals surface area contributed by atoms with Crippen molar-refractivity contribution in [1.82, 2.24) is 20.5 Å². The van der Waals surface area contributed by atoms with Gasteiger partial charge in [-0.05, 0) is 37.1 Å². The summed E-state index contributed by atoms with van der Waals surface area (Å²) in [4.78, 5) is 28.6. The van der Waals surface area contributed by atoms with Crippen molar-refractivity contribution in [3.8, 4) is 0 Å². The van der Waals surface area contributed by atoms with Gasteiger partial charge >= 0.3 is 6.03 Å². The van der Waals surface area contributed by atoms with E-state index in [0.29, 0.717) is 12.0 Å². The Hall–Kier alpha value is -2.34. The largest absolute Gasteiger partial charge is 0.361 e. The molecule has 0 saturated carbocycles. The van der Waals surface area contributed by atoms with Crippen LogP contribution in [0.15, 0.2) is 24.4 Å². The maximum atomic E-state index is 11.9. The van der Waals surface area contributed by atoms with E-state index >= 15 is 0 Å². The molecule has 2 aromatic rings. The molecule has 1 saturated heterocycles. The topological polar surface area (TPSA) is 77.2 Å². The SMILES string of the molecule is CC(=O)NC(=O)N[C@@H]1CC2c3cccc4[nH]cc(c34)C[C@H]2N(C)C1. The van der Waals surface area contributed by atoms with Crippen molar-refractivity contribution in [2.24, 2.45) is 0 Å². The Morgan fingerprint density at radius 2 is 2.17 bits per heavy atom. The number of H-pyrrole nitrogens is 1. The van der Waals surface area contributed by atoms with Gasteiger partial charge in [0.2, 0.25) is 5.91 Å². The molecule has 3 N–H and O–H groups in total. The number of likely N-dealkylation sites (N-methyl/N-ethyl adjacent to an activating group) is 1. The number of nitrogens with one attached hydrogen (secondary N) is 3. The Morgan fingerprint density at radius 3 is 2.96 bits per heavy atom. The number of aromatic nitrogens is 1. The monoisotopic (exact) mass is 326 g/mol. The van der Waals surface area contributed by atoms with Gasteiger partial charge in [0.1, 0.15) is 0 Å². The van der Waals surface area contributed by atoms with Gasteiger partial charge in [-0.1, -0.05) is 12.1 Å². The lowest BCUT2D eigenvalue weighted by Gasteiger charge is -2.45. The summed E-state index contributed by atoms with van der Waals surface area (Å²) in [6.07, 6.45) is 4.05. The van der Waals surface area contributed by atoms with Crippen LogP contribution in [0.2, 0.25) is 0 Å². The second-order valence-corrected chi connectivity index (χ2v) is 6.99. The van der Waals surface area contributed by atoms with Gasteiger partial charge in [-0.25, -0.2) is 4.79 Å². The average Bonchev–Trinajstić information content (AvgIpc) is 2.92. The molecule has 1 aromatic heterocycles. The van der Waals surface area contributed by atoms with Crippen molar-refractivity contribution in [3.63, 3.8) is 0 Å². The van der Waals surface area contributed by atoms with E-state index < -0.39 is 6.03 Å². The van der Waals surface area contributed by atoms with Crippen LogP contribution in [0.25, 0.3) is 10.9 Å². The predicted octanol–water partition coefficient (Wildman–Crippen LogP) is 1.73. The smallest absolute Gasteiger partial charge is 0.321 e. The molecule has 1 fully saturated rings. The van der Waals surface area contributed by atoms with E-state index in [4.69, 9.17) is 0 Å². The first-order chi connectivity index (χ1) is 11.5. The molecule has 24 heavy (non-hydrogen) atoms. The van der Waals surface area contributed by atoms with E-state index in [0.717, 1.165) is 19.4 Å². The third-order valence-corrected chi connectivity index (χ3v) is 5.35. The van der Waals surface area contributed by atoms with Gasteiger partial charge in [0, 0.05) is 48.6 Å². The van der Waals surface area contributed by atoms with Crippen LogP contribution in [0, 0.1) is 0 Å². The molecule has 6 heteroatoms. The number of benzene rings is 1. The summed E-state index contributed by atoms with van der Waals surface area (Å²) >= 11 is 0. The van der Waals surface area contributed by atoms with E-state index in [1.54, 1.807) is 0 Å². The highest BCUT2D eigenvalue weighted by Gasteiger charge is 2.39. The summed E-state index contributed by atoms with van der Waals surface area (Å²) in [5, 5.41) is 6.59. The predicted molar refractivity (Wildman–Crippen MR) is 91.9 cm³/mol. The number of fused-ring (bicyclic) bond motifs is 2. The fourth-order valence-electron chi connectivity index (χ4n) is 4.43. The van der Waals surface area contributed by atoms with Gasteiger partial charge in [-0.3, -0.25) is 10.1 Å². The molecule has 126 valence electrons. The lowest BCUT2D eigenvalue weighted by Crippen LogP contribution is -2.56. The summed E-state index contributed by atoms with van der Waals surface area (Å²) in [6.45, 7) is 2.14. The van der Waals surface area contributed by atoms with Crippen LogP contribution in [0.3, 0.4) is 0 Å². The lowest BCUT2D eigenvalue weighted by atomic mass is 9.74. The Kier molecular flexibility index (Phi) is 3.57. The van der Waals surface area contributed by atoms with Gasteiger partial charge in [0.05, 0.1) is 0 Å². The van der Waals surface area contributed by atoms with Crippen LogP contribution in [0.4, 0.5) is 4.79 Å². The normalized spacial score (nSPS) is 26.0. The summed E-state index contributed by atoms with van der Waals surface area (Å²) in [7, 11) is 2.12. The van der Waals surface area contributed by atoms with Crippen molar-refractivity contribution >= 4 is 22.8 Å². The minimum absolute atomic E-state index is 0.0337. The summed E-state index contributed by atoms with van der Waals surface area (Å²) in [6, 6.07) is 6.50. The number of hydrogen-bond acceptors (Lipinski definition) is 3. The first-order valence-corrected chi connectivity index (χ1v) is 8.40. The Balaban J connectivity index is 1.61. The molecule has 0 spiro atoms. The Labute approximate surface area is 140 Å². The number of amides is 3. The number of aromatic amines is 1. The molecule has 0 bridgehead atoms. The molecule has 0 radical (unpaired) electrons. The summed E-state index contributed by atoms with van der Waals surface area (Å²) < 4.78 is 0. The van der Waals surface area contributed by atoms with Crippen LogP contribution >= 0.6 is 0 Å². The summed E-state index contributed by atoms with van der Waals surface area (Å²) in [5.41, 5.74) is 3.94. The highest BCUT2D eigenvalue weighted by atomic mass is 16.2. The van der Waals surface area contributed by atoms with Crippen molar-refractivity contribution in [2.75, 3.05) is 13.6 Å². The zero-order valence-electron chi connectivity index (χ0n) is 13.9. The summed E-state index contributed by atoms with van der Waals surface area (Å²) in [5.74, 6) is 0.0484.